The van der Waals surface area contributed by atoms with E-state index in [4.69, 9.17) is 44.3 Å². The molecule has 0 atom stereocenters. The predicted octanol–water partition coefficient (Wildman–Crippen LogP) is 4.40. The molecule has 3 aliphatic rings. The topological polar surface area (TPSA) is 76.7 Å². The minimum Gasteiger partial charge on any atom is -0.493 e. The first-order valence-electron chi connectivity index (χ1n) is 9.85. The number of ether oxygens (including phenoxy) is 2. The molecule has 3 aliphatic carbocycles. The molecule has 9 heteroatoms. The molecule has 31 heavy (non-hydrogen) atoms. The largest absolute Gasteiger partial charge is 0.493 e. The Morgan fingerprint density at radius 1 is 0.839 bits per heavy atom. The molecule has 164 valence electrons. The number of carbonyl (C=O) groups excluding carboxylic acids is 2. The number of rotatable bonds is 9. The van der Waals surface area contributed by atoms with E-state index in [0.29, 0.717) is 26.6 Å². The summed E-state index contributed by atoms with van der Waals surface area (Å²) >= 11 is 17.7. The van der Waals surface area contributed by atoms with Gasteiger partial charge in [0.05, 0.1) is 23.1 Å². The molecule has 5 rings (SSSR count). The molecular formula is C22H21Cl3N2O4. The van der Waals surface area contributed by atoms with Crippen LogP contribution in [0.3, 0.4) is 0 Å². The fourth-order valence-electron chi connectivity index (χ4n) is 4.28. The van der Waals surface area contributed by atoms with Gasteiger partial charge in [-0.3, -0.25) is 9.59 Å². The van der Waals surface area contributed by atoms with Gasteiger partial charge < -0.3 is 20.1 Å². The number of hydrogen-bond acceptors (Lipinski definition) is 4. The molecular weight excluding hydrogens is 463 g/mol. The molecule has 2 aromatic carbocycles. The van der Waals surface area contributed by atoms with E-state index in [9.17, 15) is 9.59 Å². The number of nitrogens with one attached hydrogen (secondary N) is 2. The summed E-state index contributed by atoms with van der Waals surface area (Å²) < 4.78 is 11.0. The average Bonchev–Trinajstić information content (AvgIpc) is 2.66. The van der Waals surface area contributed by atoms with Crippen LogP contribution in [0.15, 0.2) is 42.5 Å². The van der Waals surface area contributed by atoms with Gasteiger partial charge in [-0.05, 0) is 49.6 Å². The molecule has 2 N–H and O–H groups in total. The molecule has 0 spiro atoms. The standard InChI is InChI=1S/C22H21Cl3N2O4/c23-14-2-1-3-15(8-14)30-7-6-19(28)26-21-11-22(12-21,13-21)27-20(29)10-31-16-4-5-17(24)18(25)9-16/h1-5,8-9H,6-7,10-13H2,(H,26,28)(H,27,29). The number of halogens is 3. The highest BCUT2D eigenvalue weighted by Crippen LogP contribution is 2.60. The van der Waals surface area contributed by atoms with Crippen molar-refractivity contribution in [2.75, 3.05) is 13.2 Å². The number of carbonyl (C=O) groups is 2. The lowest BCUT2D eigenvalue weighted by molar-refractivity contribution is -0.150. The highest BCUT2D eigenvalue weighted by Gasteiger charge is 2.69. The maximum Gasteiger partial charge on any atom is 0.258 e. The lowest BCUT2D eigenvalue weighted by Crippen LogP contribution is -2.84. The van der Waals surface area contributed by atoms with Gasteiger partial charge in [0.1, 0.15) is 11.5 Å². The summed E-state index contributed by atoms with van der Waals surface area (Å²) in [5, 5.41) is 7.47. The van der Waals surface area contributed by atoms with Crippen LogP contribution in [-0.4, -0.2) is 36.1 Å². The molecule has 2 aromatic rings. The first-order chi connectivity index (χ1) is 14.8. The fraction of sp³-hybridized carbons (Fsp3) is 0.364. The molecule has 0 radical (unpaired) electrons. The summed E-state index contributed by atoms with van der Waals surface area (Å²) in [6, 6.07) is 11.9. The van der Waals surface area contributed by atoms with Gasteiger partial charge in [-0.2, -0.15) is 0 Å². The fourth-order valence-corrected chi connectivity index (χ4v) is 4.75. The first kappa shape index (κ1) is 22.1. The van der Waals surface area contributed by atoms with E-state index in [1.54, 1.807) is 42.5 Å². The van der Waals surface area contributed by atoms with Crippen LogP contribution >= 0.6 is 34.8 Å². The summed E-state index contributed by atoms with van der Waals surface area (Å²) in [5.74, 6) is 0.840. The Kier molecular flexibility index (Phi) is 6.24. The number of benzene rings is 2. The van der Waals surface area contributed by atoms with Crippen molar-refractivity contribution >= 4 is 46.6 Å². The zero-order valence-corrected chi connectivity index (χ0v) is 18.8. The van der Waals surface area contributed by atoms with Crippen LogP contribution < -0.4 is 20.1 Å². The van der Waals surface area contributed by atoms with E-state index in [1.807, 2.05) is 0 Å². The summed E-state index contributed by atoms with van der Waals surface area (Å²) in [5.41, 5.74) is -0.465. The quantitative estimate of drug-likeness (QED) is 0.554. The Labute approximate surface area is 195 Å². The molecule has 2 amide bonds. The Morgan fingerprint density at radius 3 is 2.19 bits per heavy atom. The average molecular weight is 484 g/mol. The van der Waals surface area contributed by atoms with Crippen molar-refractivity contribution in [3.8, 4) is 11.5 Å². The van der Waals surface area contributed by atoms with Gasteiger partial charge in [0.2, 0.25) is 5.91 Å². The third kappa shape index (κ3) is 5.20. The van der Waals surface area contributed by atoms with Crippen LogP contribution in [-0.2, 0) is 9.59 Å². The normalized spacial score (nSPS) is 23.2. The van der Waals surface area contributed by atoms with E-state index in [0.717, 1.165) is 19.3 Å². The van der Waals surface area contributed by atoms with Crippen LogP contribution in [0, 0.1) is 0 Å². The van der Waals surface area contributed by atoms with Gasteiger partial charge >= 0.3 is 0 Å². The van der Waals surface area contributed by atoms with Gasteiger partial charge in [0.15, 0.2) is 6.61 Å². The Morgan fingerprint density at radius 2 is 1.52 bits per heavy atom. The summed E-state index contributed by atoms with van der Waals surface area (Å²) in [7, 11) is 0. The molecule has 6 nitrogen and oxygen atoms in total. The van der Waals surface area contributed by atoms with Gasteiger partial charge in [-0.25, -0.2) is 0 Å². The summed E-state index contributed by atoms with van der Waals surface area (Å²) in [4.78, 5) is 24.4. The van der Waals surface area contributed by atoms with Crippen molar-refractivity contribution < 1.29 is 19.1 Å². The summed E-state index contributed by atoms with van der Waals surface area (Å²) in [6.07, 6.45) is 2.42. The number of amides is 2. The minimum atomic E-state index is -0.247. The summed E-state index contributed by atoms with van der Waals surface area (Å²) in [6.45, 7) is 0.163. The molecule has 0 aromatic heterocycles. The second-order valence-electron chi connectivity index (χ2n) is 8.11. The smallest absolute Gasteiger partial charge is 0.258 e. The van der Waals surface area contributed by atoms with Crippen molar-refractivity contribution in [1.82, 2.24) is 10.6 Å². The van der Waals surface area contributed by atoms with Crippen molar-refractivity contribution in [3.63, 3.8) is 0 Å². The molecule has 3 fully saturated rings. The van der Waals surface area contributed by atoms with Crippen molar-refractivity contribution in [2.45, 2.75) is 36.8 Å². The minimum absolute atomic E-state index is 0.0652. The molecule has 0 aliphatic heterocycles. The lowest BCUT2D eigenvalue weighted by atomic mass is 9.44. The SMILES string of the molecule is O=C(CCOc1cccc(Cl)c1)NC12CC(NC(=O)COc3ccc(Cl)c(Cl)c3)(C1)C2. The van der Waals surface area contributed by atoms with Crippen LogP contribution in [0.1, 0.15) is 25.7 Å². The third-order valence-electron chi connectivity index (χ3n) is 5.49. The number of hydrogen-bond donors (Lipinski definition) is 2. The molecule has 0 heterocycles. The molecule has 0 unspecified atom stereocenters. The van der Waals surface area contributed by atoms with Gasteiger partial charge in [0, 0.05) is 22.2 Å². The van der Waals surface area contributed by atoms with E-state index >= 15 is 0 Å². The van der Waals surface area contributed by atoms with Crippen LogP contribution in [0.25, 0.3) is 0 Å². The second kappa shape index (κ2) is 8.77. The molecule has 3 saturated carbocycles. The highest BCUT2D eigenvalue weighted by atomic mass is 35.5. The molecule has 2 bridgehead atoms. The van der Waals surface area contributed by atoms with Crippen LogP contribution in [0.2, 0.25) is 15.1 Å². The Hall–Kier alpha value is -2.15. The zero-order valence-electron chi connectivity index (χ0n) is 16.6. The first-order valence-corrected chi connectivity index (χ1v) is 11.0. The monoisotopic (exact) mass is 482 g/mol. The highest BCUT2D eigenvalue weighted by molar-refractivity contribution is 6.42. The van der Waals surface area contributed by atoms with E-state index in [1.165, 1.54) is 0 Å². The van der Waals surface area contributed by atoms with Gasteiger partial charge in [-0.15, -0.1) is 0 Å². The van der Waals surface area contributed by atoms with Gasteiger partial charge in [0.25, 0.3) is 5.91 Å². The van der Waals surface area contributed by atoms with Gasteiger partial charge in [-0.1, -0.05) is 40.9 Å². The predicted molar refractivity (Wildman–Crippen MR) is 119 cm³/mol. The van der Waals surface area contributed by atoms with E-state index < -0.39 is 0 Å². The van der Waals surface area contributed by atoms with E-state index in [-0.39, 0.29) is 42.5 Å². The Bertz CT molecular complexity index is 994. The Balaban J connectivity index is 1.14. The maximum atomic E-state index is 12.2. The van der Waals surface area contributed by atoms with Crippen molar-refractivity contribution in [2.24, 2.45) is 0 Å². The third-order valence-corrected chi connectivity index (χ3v) is 6.47. The molecule has 0 saturated heterocycles. The zero-order chi connectivity index (χ0) is 22.1. The van der Waals surface area contributed by atoms with Crippen molar-refractivity contribution in [1.29, 1.82) is 0 Å². The van der Waals surface area contributed by atoms with Crippen LogP contribution in [0.4, 0.5) is 0 Å². The van der Waals surface area contributed by atoms with E-state index in [2.05, 4.69) is 10.6 Å². The second-order valence-corrected chi connectivity index (χ2v) is 9.36. The lowest BCUT2D eigenvalue weighted by Gasteiger charge is -2.70. The van der Waals surface area contributed by atoms with Crippen molar-refractivity contribution in [3.05, 3.63) is 57.5 Å². The maximum absolute atomic E-state index is 12.2. The van der Waals surface area contributed by atoms with Crippen LogP contribution in [0.5, 0.6) is 11.5 Å².